The molecule has 1 aromatic heterocycles. The average Bonchev–Trinajstić information content (AvgIpc) is 2.99. The molecule has 2 heterocycles. The van der Waals surface area contributed by atoms with Gasteiger partial charge in [-0.3, -0.25) is 4.79 Å². The van der Waals surface area contributed by atoms with Crippen LogP contribution in [0.2, 0.25) is 0 Å². The van der Waals surface area contributed by atoms with Gasteiger partial charge >= 0.3 is 5.97 Å². The van der Waals surface area contributed by atoms with Gasteiger partial charge in [0, 0.05) is 25.6 Å². The van der Waals surface area contributed by atoms with Crippen molar-refractivity contribution in [1.29, 1.82) is 0 Å². The molecule has 1 fully saturated rings. The number of benzene rings is 1. The summed E-state index contributed by atoms with van der Waals surface area (Å²) < 4.78 is 10.3. The zero-order valence-corrected chi connectivity index (χ0v) is 12.8. The zero-order chi connectivity index (χ0) is 16.2. The van der Waals surface area contributed by atoms with Crippen molar-refractivity contribution in [2.75, 3.05) is 11.4 Å². The number of amides is 1. The number of aryl methyl sites for hydroxylation is 1. The van der Waals surface area contributed by atoms with Crippen molar-refractivity contribution in [2.45, 2.75) is 32.8 Å². The summed E-state index contributed by atoms with van der Waals surface area (Å²) in [5, 5.41) is 7.42. The van der Waals surface area contributed by atoms with Crippen LogP contribution >= 0.6 is 0 Å². The van der Waals surface area contributed by atoms with Crippen LogP contribution in [-0.4, -0.2) is 28.6 Å². The van der Waals surface area contributed by atoms with E-state index in [-0.39, 0.29) is 18.4 Å². The summed E-state index contributed by atoms with van der Waals surface area (Å²) in [6, 6.07) is 6.82. The number of ether oxygens (including phenoxy) is 1. The van der Waals surface area contributed by atoms with Gasteiger partial charge in [0.05, 0.1) is 5.56 Å². The van der Waals surface area contributed by atoms with Gasteiger partial charge in [-0.15, -0.1) is 10.2 Å². The molecule has 0 atom stereocenters. The molecule has 1 saturated heterocycles. The van der Waals surface area contributed by atoms with Crippen LogP contribution in [0.4, 0.5) is 5.69 Å². The van der Waals surface area contributed by atoms with E-state index in [9.17, 15) is 9.59 Å². The van der Waals surface area contributed by atoms with Crippen LogP contribution in [-0.2, 0) is 16.1 Å². The van der Waals surface area contributed by atoms with E-state index in [4.69, 9.17) is 9.15 Å². The van der Waals surface area contributed by atoms with Crippen molar-refractivity contribution in [3.05, 3.63) is 41.6 Å². The normalized spacial score (nSPS) is 14.8. The maximum atomic E-state index is 12.0. The van der Waals surface area contributed by atoms with Crippen LogP contribution in [0.5, 0.6) is 0 Å². The minimum atomic E-state index is -0.475. The fourth-order valence-corrected chi connectivity index (χ4v) is 2.46. The third-order valence-electron chi connectivity index (χ3n) is 3.63. The second-order valence-corrected chi connectivity index (χ2v) is 5.34. The lowest BCUT2D eigenvalue weighted by Gasteiger charge is -2.26. The summed E-state index contributed by atoms with van der Waals surface area (Å²) in [5.74, 6) is 0.327. The zero-order valence-electron chi connectivity index (χ0n) is 12.8. The minimum absolute atomic E-state index is 0.0635. The molecule has 1 amide bonds. The van der Waals surface area contributed by atoms with E-state index >= 15 is 0 Å². The molecule has 1 aliphatic heterocycles. The molecule has 2 aromatic rings. The van der Waals surface area contributed by atoms with E-state index in [1.54, 1.807) is 36.1 Å². The largest absolute Gasteiger partial charge is 0.452 e. The monoisotopic (exact) mass is 315 g/mol. The van der Waals surface area contributed by atoms with E-state index in [1.807, 2.05) is 0 Å². The van der Waals surface area contributed by atoms with Gasteiger partial charge in [0.2, 0.25) is 11.8 Å². The fourth-order valence-electron chi connectivity index (χ4n) is 2.46. The number of anilines is 1. The number of hydrogen-bond acceptors (Lipinski definition) is 6. The van der Waals surface area contributed by atoms with Gasteiger partial charge in [-0.2, -0.15) is 0 Å². The smallest absolute Gasteiger partial charge is 0.338 e. The van der Waals surface area contributed by atoms with Crippen LogP contribution in [0.15, 0.2) is 28.7 Å². The average molecular weight is 315 g/mol. The van der Waals surface area contributed by atoms with Crippen LogP contribution in [0.3, 0.4) is 0 Å². The highest BCUT2D eigenvalue weighted by Crippen LogP contribution is 2.21. The molecule has 0 bridgehead atoms. The third kappa shape index (κ3) is 3.56. The van der Waals surface area contributed by atoms with Crippen molar-refractivity contribution in [1.82, 2.24) is 10.2 Å². The molecule has 0 unspecified atom stereocenters. The molecule has 0 saturated carbocycles. The number of nitrogens with zero attached hydrogens (tertiary/aromatic N) is 3. The van der Waals surface area contributed by atoms with E-state index < -0.39 is 5.97 Å². The third-order valence-corrected chi connectivity index (χ3v) is 3.63. The van der Waals surface area contributed by atoms with Crippen molar-refractivity contribution >= 4 is 17.6 Å². The van der Waals surface area contributed by atoms with Gasteiger partial charge in [0.15, 0.2) is 6.61 Å². The Morgan fingerprint density at radius 3 is 2.70 bits per heavy atom. The van der Waals surface area contributed by atoms with E-state index in [0.717, 1.165) is 25.1 Å². The highest BCUT2D eigenvalue weighted by Gasteiger charge is 2.20. The van der Waals surface area contributed by atoms with E-state index in [0.29, 0.717) is 17.9 Å². The first kappa shape index (κ1) is 15.2. The van der Waals surface area contributed by atoms with Gasteiger partial charge in [-0.05, 0) is 37.1 Å². The summed E-state index contributed by atoms with van der Waals surface area (Å²) in [6.07, 6.45) is 2.52. The van der Waals surface area contributed by atoms with Crippen LogP contribution in [0.25, 0.3) is 0 Å². The predicted molar refractivity (Wildman–Crippen MR) is 80.8 cm³/mol. The molecule has 0 N–H and O–H groups in total. The lowest BCUT2D eigenvalue weighted by Crippen LogP contribution is -2.35. The van der Waals surface area contributed by atoms with Crippen LogP contribution in [0.1, 0.15) is 41.4 Å². The lowest BCUT2D eigenvalue weighted by atomic mass is 10.1. The highest BCUT2D eigenvalue weighted by molar-refractivity contribution is 5.95. The van der Waals surface area contributed by atoms with Gasteiger partial charge in [0.1, 0.15) is 0 Å². The number of aromatic nitrogens is 2. The molecule has 7 heteroatoms. The van der Waals surface area contributed by atoms with Crippen molar-refractivity contribution in [3.63, 3.8) is 0 Å². The number of rotatable bonds is 4. The molecular formula is C16H17N3O4. The summed E-state index contributed by atoms with van der Waals surface area (Å²) in [7, 11) is 0. The number of carbonyl (C=O) groups excluding carboxylic acids is 2. The maximum Gasteiger partial charge on any atom is 0.338 e. The second kappa shape index (κ2) is 6.60. The summed E-state index contributed by atoms with van der Waals surface area (Å²) in [6.45, 7) is 2.32. The fraction of sp³-hybridized carbons (Fsp3) is 0.375. The molecular weight excluding hydrogens is 298 g/mol. The Balaban J connectivity index is 1.62. The summed E-state index contributed by atoms with van der Waals surface area (Å²) >= 11 is 0. The Hall–Kier alpha value is -2.70. The Labute approximate surface area is 133 Å². The molecule has 0 aliphatic carbocycles. The minimum Gasteiger partial charge on any atom is -0.452 e. The number of hydrogen-bond donors (Lipinski definition) is 0. The molecule has 120 valence electrons. The van der Waals surface area contributed by atoms with Crippen LogP contribution in [0, 0.1) is 6.92 Å². The first-order valence-electron chi connectivity index (χ1n) is 7.50. The topological polar surface area (TPSA) is 85.5 Å². The summed E-state index contributed by atoms with van der Waals surface area (Å²) in [5.41, 5.74) is 1.22. The molecule has 7 nitrogen and oxygen atoms in total. The van der Waals surface area contributed by atoms with Gasteiger partial charge in [-0.1, -0.05) is 0 Å². The SMILES string of the molecule is Cc1nnc(COC(=O)c2ccc(N3CCCCC3=O)cc2)o1. The van der Waals surface area contributed by atoms with Gasteiger partial charge in [0.25, 0.3) is 5.89 Å². The maximum absolute atomic E-state index is 12.0. The quantitative estimate of drug-likeness (QED) is 0.804. The molecule has 23 heavy (non-hydrogen) atoms. The Morgan fingerprint density at radius 1 is 1.26 bits per heavy atom. The standard InChI is InChI=1S/C16H17N3O4/c1-11-17-18-14(23-11)10-22-16(21)12-5-7-13(8-6-12)19-9-3-2-4-15(19)20/h5-8H,2-4,9-10H2,1H3. The Kier molecular flexibility index (Phi) is 4.36. The Bertz CT molecular complexity index is 708. The number of carbonyl (C=O) groups is 2. The van der Waals surface area contributed by atoms with Gasteiger partial charge < -0.3 is 14.1 Å². The van der Waals surface area contributed by atoms with Crippen molar-refractivity contribution < 1.29 is 18.7 Å². The van der Waals surface area contributed by atoms with Crippen molar-refractivity contribution in [3.8, 4) is 0 Å². The molecule has 0 radical (unpaired) electrons. The van der Waals surface area contributed by atoms with E-state index in [1.165, 1.54) is 0 Å². The summed E-state index contributed by atoms with van der Waals surface area (Å²) in [4.78, 5) is 25.6. The lowest BCUT2D eigenvalue weighted by molar-refractivity contribution is -0.119. The molecule has 0 spiro atoms. The first-order valence-corrected chi connectivity index (χ1v) is 7.50. The number of piperidine rings is 1. The van der Waals surface area contributed by atoms with E-state index in [2.05, 4.69) is 10.2 Å². The molecule has 1 aromatic carbocycles. The van der Waals surface area contributed by atoms with Crippen molar-refractivity contribution in [2.24, 2.45) is 0 Å². The highest BCUT2D eigenvalue weighted by atomic mass is 16.5. The predicted octanol–water partition coefficient (Wildman–Crippen LogP) is 2.25. The van der Waals surface area contributed by atoms with Crippen LogP contribution < -0.4 is 4.90 Å². The Morgan fingerprint density at radius 2 is 2.04 bits per heavy atom. The molecule has 1 aliphatic rings. The van der Waals surface area contributed by atoms with Gasteiger partial charge in [-0.25, -0.2) is 4.79 Å². The molecule has 3 rings (SSSR count). The first-order chi connectivity index (χ1) is 11.1. The second-order valence-electron chi connectivity index (χ2n) is 5.34. The number of esters is 1.